The van der Waals surface area contributed by atoms with Gasteiger partial charge < -0.3 is 15.0 Å². The second-order valence-electron chi connectivity index (χ2n) is 6.27. The lowest BCUT2D eigenvalue weighted by molar-refractivity contribution is 0.0601. The van der Waals surface area contributed by atoms with Crippen LogP contribution in [0.25, 0.3) is 0 Å². The number of nitrogens with zero attached hydrogens (tertiary/aromatic N) is 3. The van der Waals surface area contributed by atoms with E-state index in [9.17, 15) is 9.59 Å². The number of carbonyl (C=O) groups is 2. The molecule has 0 spiro atoms. The standard InChI is InChI=1S/C22H22N4O3/c1-4-26(16-10-6-5-7-11-16)20(27)19-14-15(2)23-22(25-19)24-18-13-9-8-12-17(18)21(28)29-3/h5-14H,4H2,1-3H3,(H,23,24,25). The fraction of sp³-hybridized carbons (Fsp3) is 0.182. The molecular weight excluding hydrogens is 368 g/mol. The highest BCUT2D eigenvalue weighted by Gasteiger charge is 2.19. The number of rotatable bonds is 6. The predicted octanol–water partition coefficient (Wildman–Crippen LogP) is 3.98. The highest BCUT2D eigenvalue weighted by Crippen LogP contribution is 2.21. The number of amides is 1. The van der Waals surface area contributed by atoms with Gasteiger partial charge in [0.15, 0.2) is 0 Å². The molecule has 29 heavy (non-hydrogen) atoms. The molecule has 0 bridgehead atoms. The summed E-state index contributed by atoms with van der Waals surface area (Å²) in [5, 5.41) is 3.03. The Balaban J connectivity index is 1.93. The summed E-state index contributed by atoms with van der Waals surface area (Å²) in [6, 6.07) is 17.9. The zero-order chi connectivity index (χ0) is 20.8. The Morgan fingerprint density at radius 2 is 1.72 bits per heavy atom. The van der Waals surface area contributed by atoms with Crippen LogP contribution < -0.4 is 10.2 Å². The van der Waals surface area contributed by atoms with Gasteiger partial charge in [-0.1, -0.05) is 30.3 Å². The monoisotopic (exact) mass is 390 g/mol. The molecule has 2 aromatic carbocycles. The summed E-state index contributed by atoms with van der Waals surface area (Å²) in [5.41, 5.74) is 2.54. The molecule has 0 saturated carbocycles. The van der Waals surface area contributed by atoms with E-state index in [0.29, 0.717) is 23.5 Å². The van der Waals surface area contributed by atoms with Crippen molar-refractivity contribution in [3.8, 4) is 0 Å². The minimum Gasteiger partial charge on any atom is -0.465 e. The first-order valence-corrected chi connectivity index (χ1v) is 9.20. The van der Waals surface area contributed by atoms with Crippen LogP contribution in [0, 0.1) is 6.92 Å². The fourth-order valence-electron chi connectivity index (χ4n) is 2.92. The van der Waals surface area contributed by atoms with Gasteiger partial charge in [-0.15, -0.1) is 0 Å². The Morgan fingerprint density at radius 3 is 2.41 bits per heavy atom. The van der Waals surface area contributed by atoms with Gasteiger partial charge in [0.05, 0.1) is 18.4 Å². The van der Waals surface area contributed by atoms with Crippen LogP contribution in [0.2, 0.25) is 0 Å². The lowest BCUT2D eigenvalue weighted by Crippen LogP contribution is -2.31. The van der Waals surface area contributed by atoms with Crippen molar-refractivity contribution in [1.29, 1.82) is 0 Å². The first-order chi connectivity index (χ1) is 14.0. The number of hydrogen-bond donors (Lipinski definition) is 1. The van der Waals surface area contributed by atoms with Gasteiger partial charge in [-0.2, -0.15) is 0 Å². The van der Waals surface area contributed by atoms with Crippen molar-refractivity contribution in [2.75, 3.05) is 23.9 Å². The average Bonchev–Trinajstić information content (AvgIpc) is 2.74. The fourth-order valence-corrected chi connectivity index (χ4v) is 2.92. The Kier molecular flexibility index (Phi) is 6.19. The van der Waals surface area contributed by atoms with Crippen molar-refractivity contribution in [3.63, 3.8) is 0 Å². The van der Waals surface area contributed by atoms with E-state index in [1.54, 1.807) is 42.2 Å². The van der Waals surface area contributed by atoms with Crippen molar-refractivity contribution >= 4 is 29.2 Å². The Labute approximate surface area is 169 Å². The van der Waals surface area contributed by atoms with Crippen LogP contribution in [-0.2, 0) is 4.74 Å². The normalized spacial score (nSPS) is 10.3. The van der Waals surface area contributed by atoms with Gasteiger partial charge in [0, 0.05) is 17.9 Å². The van der Waals surface area contributed by atoms with Crippen LogP contribution in [-0.4, -0.2) is 35.5 Å². The van der Waals surface area contributed by atoms with E-state index >= 15 is 0 Å². The molecule has 0 radical (unpaired) electrons. The molecule has 7 heteroatoms. The van der Waals surface area contributed by atoms with E-state index in [2.05, 4.69) is 15.3 Å². The van der Waals surface area contributed by atoms with Crippen LogP contribution in [0.1, 0.15) is 33.5 Å². The van der Waals surface area contributed by atoms with E-state index in [1.807, 2.05) is 37.3 Å². The second-order valence-corrected chi connectivity index (χ2v) is 6.27. The van der Waals surface area contributed by atoms with Crippen molar-refractivity contribution in [3.05, 3.63) is 77.6 Å². The molecule has 0 fully saturated rings. The molecular formula is C22H22N4O3. The molecule has 0 aliphatic rings. The number of anilines is 3. The maximum atomic E-state index is 13.1. The minimum absolute atomic E-state index is 0.228. The van der Waals surface area contributed by atoms with Crippen molar-refractivity contribution in [1.82, 2.24) is 9.97 Å². The minimum atomic E-state index is -0.474. The molecule has 1 aromatic heterocycles. The first-order valence-electron chi connectivity index (χ1n) is 9.20. The molecule has 1 heterocycles. The number of benzene rings is 2. The summed E-state index contributed by atoms with van der Waals surface area (Å²) < 4.78 is 4.81. The summed E-state index contributed by atoms with van der Waals surface area (Å²) >= 11 is 0. The van der Waals surface area contributed by atoms with Gasteiger partial charge in [0.25, 0.3) is 5.91 Å². The predicted molar refractivity (Wildman–Crippen MR) is 112 cm³/mol. The number of carbonyl (C=O) groups excluding carboxylic acids is 2. The topological polar surface area (TPSA) is 84.4 Å². The van der Waals surface area contributed by atoms with Gasteiger partial charge in [0.2, 0.25) is 5.95 Å². The highest BCUT2D eigenvalue weighted by atomic mass is 16.5. The summed E-state index contributed by atoms with van der Waals surface area (Å²) in [6.45, 7) is 4.19. The highest BCUT2D eigenvalue weighted by molar-refractivity contribution is 6.05. The smallest absolute Gasteiger partial charge is 0.339 e. The summed E-state index contributed by atoms with van der Waals surface area (Å²) in [6.07, 6.45) is 0. The zero-order valence-corrected chi connectivity index (χ0v) is 16.5. The van der Waals surface area contributed by atoms with Crippen molar-refractivity contribution in [2.45, 2.75) is 13.8 Å². The Morgan fingerprint density at radius 1 is 1.03 bits per heavy atom. The van der Waals surface area contributed by atoms with Gasteiger partial charge in [0.1, 0.15) is 5.69 Å². The van der Waals surface area contributed by atoms with Crippen LogP contribution in [0.15, 0.2) is 60.7 Å². The maximum Gasteiger partial charge on any atom is 0.339 e. The molecule has 0 aliphatic heterocycles. The number of para-hydroxylation sites is 2. The van der Waals surface area contributed by atoms with E-state index in [4.69, 9.17) is 4.74 Å². The SMILES string of the molecule is CCN(C(=O)c1cc(C)nc(Nc2ccccc2C(=O)OC)n1)c1ccccc1. The molecule has 0 atom stereocenters. The third kappa shape index (κ3) is 4.57. The van der Waals surface area contributed by atoms with Gasteiger partial charge in [-0.25, -0.2) is 14.8 Å². The zero-order valence-electron chi connectivity index (χ0n) is 16.5. The summed E-state index contributed by atoms with van der Waals surface area (Å²) in [4.78, 5) is 35.5. The second kappa shape index (κ2) is 8.97. The number of methoxy groups -OCH3 is 1. The third-order valence-corrected chi connectivity index (χ3v) is 4.28. The molecule has 3 aromatic rings. The molecule has 3 rings (SSSR count). The largest absolute Gasteiger partial charge is 0.465 e. The summed E-state index contributed by atoms with van der Waals surface area (Å²) in [7, 11) is 1.32. The Hall–Kier alpha value is -3.74. The van der Waals surface area contributed by atoms with Crippen molar-refractivity contribution in [2.24, 2.45) is 0 Å². The van der Waals surface area contributed by atoms with E-state index in [0.717, 1.165) is 5.69 Å². The molecule has 0 saturated heterocycles. The van der Waals surface area contributed by atoms with Crippen LogP contribution in [0.3, 0.4) is 0 Å². The summed E-state index contributed by atoms with van der Waals surface area (Å²) in [5.74, 6) is -0.472. The van der Waals surface area contributed by atoms with Crippen LogP contribution in [0.5, 0.6) is 0 Å². The maximum absolute atomic E-state index is 13.1. The van der Waals surface area contributed by atoms with Gasteiger partial charge in [-0.05, 0) is 44.2 Å². The molecule has 1 N–H and O–H groups in total. The quantitative estimate of drug-likeness (QED) is 0.641. The van der Waals surface area contributed by atoms with E-state index in [-0.39, 0.29) is 17.5 Å². The molecule has 148 valence electrons. The van der Waals surface area contributed by atoms with Crippen LogP contribution >= 0.6 is 0 Å². The third-order valence-electron chi connectivity index (χ3n) is 4.28. The lowest BCUT2D eigenvalue weighted by Gasteiger charge is -2.21. The molecule has 0 aliphatic carbocycles. The Bertz CT molecular complexity index is 1020. The number of hydrogen-bond acceptors (Lipinski definition) is 6. The molecule has 0 unspecified atom stereocenters. The van der Waals surface area contributed by atoms with E-state index < -0.39 is 5.97 Å². The molecule has 1 amide bonds. The number of nitrogens with one attached hydrogen (secondary N) is 1. The lowest BCUT2D eigenvalue weighted by atomic mass is 10.2. The van der Waals surface area contributed by atoms with Crippen LogP contribution in [0.4, 0.5) is 17.3 Å². The number of aromatic nitrogens is 2. The number of ether oxygens (including phenoxy) is 1. The average molecular weight is 390 g/mol. The van der Waals surface area contributed by atoms with Gasteiger partial charge in [-0.3, -0.25) is 4.79 Å². The number of esters is 1. The first kappa shape index (κ1) is 20.0. The van der Waals surface area contributed by atoms with Crippen molar-refractivity contribution < 1.29 is 14.3 Å². The van der Waals surface area contributed by atoms with E-state index in [1.165, 1.54) is 7.11 Å². The number of aryl methyl sites for hydroxylation is 1. The molecule has 7 nitrogen and oxygen atoms in total. The van der Waals surface area contributed by atoms with Gasteiger partial charge >= 0.3 is 5.97 Å².